The fourth-order valence-corrected chi connectivity index (χ4v) is 2.68. The van der Waals surface area contributed by atoms with E-state index in [0.717, 1.165) is 6.42 Å². The smallest absolute Gasteiger partial charge is 0.194 e. The molecule has 2 aromatic rings. The van der Waals surface area contributed by atoms with Gasteiger partial charge in [-0.1, -0.05) is 40.9 Å². The van der Waals surface area contributed by atoms with Gasteiger partial charge in [-0.25, -0.2) is 4.39 Å². The van der Waals surface area contributed by atoms with Crippen LogP contribution in [0, 0.1) is 5.82 Å². The Bertz CT molecular complexity index is 638. The second kappa shape index (κ2) is 6.51. The van der Waals surface area contributed by atoms with E-state index in [2.05, 4.69) is 15.9 Å². The maximum atomic E-state index is 14.0. The van der Waals surface area contributed by atoms with E-state index in [-0.39, 0.29) is 11.6 Å². The number of rotatable bonds is 4. The lowest BCUT2D eigenvalue weighted by molar-refractivity contribution is 0.103. The first-order valence-corrected chi connectivity index (χ1v) is 7.48. The molecule has 0 aliphatic carbocycles. The molecule has 104 valence electrons. The number of hydrogen-bond donors (Lipinski definition) is 0. The molecule has 0 bridgehead atoms. The van der Waals surface area contributed by atoms with Gasteiger partial charge in [0.1, 0.15) is 5.82 Å². The van der Waals surface area contributed by atoms with Crippen molar-refractivity contribution < 1.29 is 9.18 Å². The first-order chi connectivity index (χ1) is 9.52. The summed E-state index contributed by atoms with van der Waals surface area (Å²) in [5, 5.41) is 0.560. The molecule has 0 saturated carbocycles. The molecule has 0 N–H and O–H groups in total. The topological polar surface area (TPSA) is 17.1 Å². The highest BCUT2D eigenvalue weighted by atomic mass is 79.9. The van der Waals surface area contributed by atoms with Gasteiger partial charge >= 0.3 is 0 Å². The molecule has 0 spiro atoms. The van der Waals surface area contributed by atoms with Gasteiger partial charge in [-0.2, -0.15) is 0 Å². The predicted octanol–water partition coefficient (Wildman–Crippen LogP) is 5.43. The minimum Gasteiger partial charge on any atom is -0.289 e. The molecular weight excluding hydrogens is 343 g/mol. The summed E-state index contributed by atoms with van der Waals surface area (Å²) in [6, 6.07) is 9.53. The normalized spacial score (nSPS) is 10.6. The average Bonchev–Trinajstić information content (AvgIpc) is 2.43. The van der Waals surface area contributed by atoms with Crippen molar-refractivity contribution in [1.82, 2.24) is 0 Å². The molecule has 0 aromatic heterocycles. The molecule has 0 heterocycles. The van der Waals surface area contributed by atoms with Crippen molar-refractivity contribution in [2.75, 3.05) is 0 Å². The Morgan fingerprint density at radius 3 is 2.50 bits per heavy atom. The van der Waals surface area contributed by atoms with Gasteiger partial charge in [0.05, 0.1) is 0 Å². The first kappa shape index (κ1) is 15.2. The molecule has 0 unspecified atom stereocenters. The minimum atomic E-state index is -0.340. The van der Waals surface area contributed by atoms with Crippen LogP contribution in [0.15, 0.2) is 40.9 Å². The van der Waals surface area contributed by atoms with Gasteiger partial charge in [-0.05, 0) is 48.4 Å². The second-order valence-corrected chi connectivity index (χ2v) is 5.80. The van der Waals surface area contributed by atoms with Gasteiger partial charge in [0.25, 0.3) is 0 Å². The minimum absolute atomic E-state index is 0.226. The van der Waals surface area contributed by atoms with E-state index in [0.29, 0.717) is 32.6 Å². The van der Waals surface area contributed by atoms with Gasteiger partial charge in [0, 0.05) is 20.6 Å². The summed E-state index contributed by atoms with van der Waals surface area (Å²) >= 11 is 9.14. The number of hydrogen-bond acceptors (Lipinski definition) is 1. The molecule has 2 aromatic carbocycles. The van der Waals surface area contributed by atoms with Gasteiger partial charge in [0.15, 0.2) is 5.78 Å². The average molecular weight is 356 g/mol. The first-order valence-electron chi connectivity index (χ1n) is 6.31. The predicted molar refractivity (Wildman–Crippen MR) is 83.0 cm³/mol. The summed E-state index contributed by atoms with van der Waals surface area (Å²) in [4.78, 5) is 12.4. The van der Waals surface area contributed by atoms with E-state index < -0.39 is 0 Å². The van der Waals surface area contributed by atoms with Crippen LogP contribution in [-0.2, 0) is 6.42 Å². The van der Waals surface area contributed by atoms with Crippen molar-refractivity contribution in [3.05, 3.63) is 68.4 Å². The number of aryl methyl sites for hydroxylation is 1. The van der Waals surface area contributed by atoms with Crippen LogP contribution in [0.25, 0.3) is 0 Å². The molecule has 0 fully saturated rings. The fourth-order valence-electron chi connectivity index (χ4n) is 1.98. The number of carbonyl (C=O) groups excluding carboxylic acids is 1. The van der Waals surface area contributed by atoms with E-state index in [9.17, 15) is 9.18 Å². The summed E-state index contributed by atoms with van der Waals surface area (Å²) < 4.78 is 14.6. The van der Waals surface area contributed by atoms with Crippen molar-refractivity contribution in [2.24, 2.45) is 0 Å². The Balaban J connectivity index is 2.40. The van der Waals surface area contributed by atoms with Crippen LogP contribution in [0.1, 0.15) is 34.8 Å². The lowest BCUT2D eigenvalue weighted by atomic mass is 10.0. The number of benzene rings is 2. The van der Waals surface area contributed by atoms with Gasteiger partial charge in [-0.3, -0.25) is 4.79 Å². The van der Waals surface area contributed by atoms with E-state index in [1.807, 2.05) is 6.92 Å². The molecule has 1 nitrogen and oxygen atoms in total. The Morgan fingerprint density at radius 2 is 1.90 bits per heavy atom. The Hall–Kier alpha value is -1.19. The zero-order valence-electron chi connectivity index (χ0n) is 10.9. The van der Waals surface area contributed by atoms with Gasteiger partial charge in [-0.15, -0.1) is 0 Å². The van der Waals surface area contributed by atoms with Crippen LogP contribution >= 0.6 is 27.5 Å². The monoisotopic (exact) mass is 354 g/mol. The van der Waals surface area contributed by atoms with Crippen molar-refractivity contribution in [3.8, 4) is 0 Å². The maximum Gasteiger partial charge on any atom is 0.194 e. The lowest BCUT2D eigenvalue weighted by Crippen LogP contribution is -2.04. The third kappa shape index (κ3) is 3.28. The van der Waals surface area contributed by atoms with Crippen LogP contribution in [0.4, 0.5) is 4.39 Å². The van der Waals surface area contributed by atoms with Crippen LogP contribution in [-0.4, -0.2) is 5.78 Å². The maximum absolute atomic E-state index is 14.0. The number of halogens is 3. The number of carbonyl (C=O) groups is 1. The Morgan fingerprint density at radius 1 is 1.25 bits per heavy atom. The summed E-state index contributed by atoms with van der Waals surface area (Å²) in [5.41, 5.74) is 1.43. The summed E-state index contributed by atoms with van der Waals surface area (Å²) in [5.74, 6) is -0.567. The molecule has 0 atom stereocenters. The molecule has 4 heteroatoms. The third-order valence-corrected chi connectivity index (χ3v) is 3.91. The second-order valence-electron chi connectivity index (χ2n) is 4.51. The van der Waals surface area contributed by atoms with Crippen molar-refractivity contribution in [1.29, 1.82) is 0 Å². The molecule has 0 radical (unpaired) electrons. The highest BCUT2D eigenvalue weighted by molar-refractivity contribution is 9.10. The molecule has 0 aliphatic rings. The molecule has 2 rings (SSSR count). The third-order valence-electron chi connectivity index (χ3n) is 3.01. The number of ketones is 1. The summed E-state index contributed by atoms with van der Waals surface area (Å²) in [7, 11) is 0. The SMILES string of the molecule is CCCc1cc(Br)c(C(=O)c2ccc(Cl)cc2)cc1F. The standard InChI is InChI=1S/C16H13BrClFO/c1-2-3-11-8-14(17)13(9-15(11)19)16(20)10-4-6-12(18)7-5-10/h4-9H,2-3H2,1H3. The van der Waals surface area contributed by atoms with E-state index >= 15 is 0 Å². The fraction of sp³-hybridized carbons (Fsp3) is 0.188. The van der Waals surface area contributed by atoms with E-state index in [1.54, 1.807) is 30.3 Å². The highest BCUT2D eigenvalue weighted by Crippen LogP contribution is 2.25. The molecule has 20 heavy (non-hydrogen) atoms. The van der Waals surface area contributed by atoms with E-state index in [4.69, 9.17) is 11.6 Å². The van der Waals surface area contributed by atoms with Crippen LogP contribution < -0.4 is 0 Å². The van der Waals surface area contributed by atoms with Gasteiger partial charge < -0.3 is 0 Å². The van der Waals surface area contributed by atoms with Crippen LogP contribution in [0.3, 0.4) is 0 Å². The largest absolute Gasteiger partial charge is 0.289 e. The Kier molecular flexibility index (Phi) is 4.95. The molecule has 0 saturated heterocycles. The quantitative estimate of drug-likeness (QED) is 0.669. The van der Waals surface area contributed by atoms with Crippen molar-refractivity contribution in [3.63, 3.8) is 0 Å². The van der Waals surface area contributed by atoms with Gasteiger partial charge in [0.2, 0.25) is 0 Å². The summed E-state index contributed by atoms with van der Waals surface area (Å²) in [6.07, 6.45) is 1.51. The van der Waals surface area contributed by atoms with Crippen LogP contribution in [0.2, 0.25) is 5.02 Å². The zero-order chi connectivity index (χ0) is 14.7. The van der Waals surface area contributed by atoms with Crippen molar-refractivity contribution in [2.45, 2.75) is 19.8 Å². The lowest BCUT2D eigenvalue weighted by Gasteiger charge is -2.08. The molecule has 0 aliphatic heterocycles. The van der Waals surface area contributed by atoms with Crippen LogP contribution in [0.5, 0.6) is 0 Å². The summed E-state index contributed by atoms with van der Waals surface area (Å²) in [6.45, 7) is 1.99. The highest BCUT2D eigenvalue weighted by Gasteiger charge is 2.16. The zero-order valence-corrected chi connectivity index (χ0v) is 13.3. The van der Waals surface area contributed by atoms with E-state index in [1.165, 1.54) is 6.07 Å². The Labute approximate surface area is 130 Å². The van der Waals surface area contributed by atoms with Crippen molar-refractivity contribution >= 4 is 33.3 Å². The molecule has 0 amide bonds. The molecular formula is C16H13BrClFO.